The highest BCUT2D eigenvalue weighted by atomic mass is 16.6. The minimum atomic E-state index is -0.369. The summed E-state index contributed by atoms with van der Waals surface area (Å²) in [4.78, 5) is 11.9. The van der Waals surface area contributed by atoms with E-state index >= 15 is 0 Å². The van der Waals surface area contributed by atoms with E-state index in [0.717, 1.165) is 11.3 Å². The van der Waals surface area contributed by atoms with Gasteiger partial charge in [-0.15, -0.1) is 0 Å². The Bertz CT molecular complexity index is 804. The van der Waals surface area contributed by atoms with Crippen LogP contribution in [0.3, 0.4) is 0 Å². The molecule has 7 heteroatoms. The Morgan fingerprint density at radius 2 is 2.04 bits per heavy atom. The van der Waals surface area contributed by atoms with Crippen molar-refractivity contribution < 1.29 is 18.6 Å². The summed E-state index contributed by atoms with van der Waals surface area (Å²) in [6.45, 7) is 0. The van der Waals surface area contributed by atoms with E-state index in [-0.39, 0.29) is 11.7 Å². The van der Waals surface area contributed by atoms with E-state index in [1.807, 2.05) is 0 Å². The van der Waals surface area contributed by atoms with Gasteiger partial charge in [-0.1, -0.05) is 0 Å². The lowest BCUT2D eigenvalue weighted by molar-refractivity contribution is -0.111. The first-order valence-corrected chi connectivity index (χ1v) is 6.76. The number of anilines is 1. The summed E-state index contributed by atoms with van der Waals surface area (Å²) < 4.78 is 14.9. The van der Waals surface area contributed by atoms with Crippen LogP contribution in [0.1, 0.15) is 5.76 Å². The van der Waals surface area contributed by atoms with E-state index in [1.54, 1.807) is 49.6 Å². The van der Waals surface area contributed by atoms with E-state index in [4.69, 9.17) is 13.8 Å². The molecule has 0 bridgehead atoms. The zero-order chi connectivity index (χ0) is 16.1. The molecule has 0 aliphatic heterocycles. The second kappa shape index (κ2) is 6.61. The van der Waals surface area contributed by atoms with E-state index < -0.39 is 0 Å². The van der Waals surface area contributed by atoms with Crippen LogP contribution >= 0.6 is 0 Å². The molecule has 2 aromatic heterocycles. The second-order valence-electron chi connectivity index (χ2n) is 4.53. The van der Waals surface area contributed by atoms with Crippen molar-refractivity contribution in [1.82, 2.24) is 10.3 Å². The van der Waals surface area contributed by atoms with Crippen LogP contribution in [-0.4, -0.2) is 23.3 Å². The van der Waals surface area contributed by atoms with Gasteiger partial charge in [0.05, 0.1) is 13.4 Å². The van der Waals surface area contributed by atoms with Crippen LogP contribution in [0.4, 0.5) is 5.82 Å². The largest absolute Gasteiger partial charge is 0.497 e. The summed E-state index contributed by atoms with van der Waals surface area (Å²) in [5.74, 6) is 1.17. The number of furan rings is 1. The molecular weight excluding hydrogens is 298 g/mol. The molecule has 0 radical (unpaired) electrons. The van der Waals surface area contributed by atoms with Crippen molar-refractivity contribution in [1.29, 1.82) is 0 Å². The Balaban J connectivity index is 1.74. The molecule has 2 heterocycles. The first-order chi connectivity index (χ1) is 11.3. The molecule has 3 aromatic rings. The first-order valence-electron chi connectivity index (χ1n) is 6.76. The molecule has 0 unspecified atom stereocenters. The van der Waals surface area contributed by atoms with Gasteiger partial charge < -0.3 is 14.5 Å². The van der Waals surface area contributed by atoms with Gasteiger partial charge in [0.15, 0.2) is 5.69 Å². The number of nitrogens with zero attached hydrogens (tertiary/aromatic N) is 2. The fourth-order valence-electron chi connectivity index (χ4n) is 1.91. The van der Waals surface area contributed by atoms with Crippen molar-refractivity contribution in [3.63, 3.8) is 0 Å². The summed E-state index contributed by atoms with van der Waals surface area (Å²) in [6.07, 6.45) is 4.42. The molecule has 0 aliphatic carbocycles. The van der Waals surface area contributed by atoms with Gasteiger partial charge >= 0.3 is 0 Å². The summed E-state index contributed by atoms with van der Waals surface area (Å²) in [5, 5.41) is 10.1. The second-order valence-corrected chi connectivity index (χ2v) is 4.53. The van der Waals surface area contributed by atoms with Gasteiger partial charge in [0.2, 0.25) is 11.7 Å². The maximum atomic E-state index is 11.9. The highest BCUT2D eigenvalue weighted by Gasteiger charge is 2.14. The van der Waals surface area contributed by atoms with Crippen molar-refractivity contribution in [3.05, 3.63) is 54.5 Å². The van der Waals surface area contributed by atoms with Gasteiger partial charge in [0, 0.05) is 11.6 Å². The Morgan fingerprint density at radius 1 is 1.22 bits per heavy atom. The van der Waals surface area contributed by atoms with Gasteiger partial charge in [-0.3, -0.25) is 4.79 Å². The number of nitrogens with one attached hydrogen (secondary N) is 1. The SMILES string of the molecule is COc1ccc(-c2nonc2NC(=O)/C=C/c2ccco2)cc1. The predicted octanol–water partition coefficient (Wildman–Crippen LogP) is 2.99. The molecule has 0 saturated heterocycles. The molecule has 116 valence electrons. The molecule has 0 atom stereocenters. The number of aromatic nitrogens is 2. The summed E-state index contributed by atoms with van der Waals surface area (Å²) >= 11 is 0. The number of hydrogen-bond acceptors (Lipinski definition) is 6. The lowest BCUT2D eigenvalue weighted by Gasteiger charge is -2.02. The smallest absolute Gasteiger partial charge is 0.249 e. The zero-order valence-electron chi connectivity index (χ0n) is 12.2. The van der Waals surface area contributed by atoms with Crippen molar-refractivity contribution in [2.75, 3.05) is 12.4 Å². The zero-order valence-corrected chi connectivity index (χ0v) is 12.2. The van der Waals surface area contributed by atoms with Crippen molar-refractivity contribution >= 4 is 17.8 Å². The van der Waals surface area contributed by atoms with Crippen LogP contribution < -0.4 is 10.1 Å². The monoisotopic (exact) mass is 311 g/mol. The molecular formula is C16H13N3O4. The number of amides is 1. The highest BCUT2D eigenvalue weighted by molar-refractivity contribution is 6.02. The molecule has 23 heavy (non-hydrogen) atoms. The fraction of sp³-hybridized carbons (Fsp3) is 0.0625. The number of ether oxygens (including phenoxy) is 1. The number of hydrogen-bond donors (Lipinski definition) is 1. The third kappa shape index (κ3) is 3.46. The van der Waals surface area contributed by atoms with Crippen molar-refractivity contribution in [2.24, 2.45) is 0 Å². The maximum absolute atomic E-state index is 11.9. The number of carbonyl (C=O) groups is 1. The van der Waals surface area contributed by atoms with E-state index in [1.165, 1.54) is 12.3 Å². The quantitative estimate of drug-likeness (QED) is 0.728. The van der Waals surface area contributed by atoms with E-state index in [2.05, 4.69) is 15.6 Å². The summed E-state index contributed by atoms with van der Waals surface area (Å²) in [6, 6.07) is 10.6. The van der Waals surface area contributed by atoms with E-state index in [0.29, 0.717) is 11.5 Å². The average molecular weight is 311 g/mol. The third-order valence-electron chi connectivity index (χ3n) is 3.04. The predicted molar refractivity (Wildman–Crippen MR) is 82.7 cm³/mol. The molecule has 7 nitrogen and oxygen atoms in total. The topological polar surface area (TPSA) is 90.4 Å². The number of carbonyl (C=O) groups excluding carboxylic acids is 1. The van der Waals surface area contributed by atoms with Gasteiger partial charge in [0.25, 0.3) is 0 Å². The first kappa shape index (κ1) is 14.6. The van der Waals surface area contributed by atoms with Crippen LogP contribution in [-0.2, 0) is 4.79 Å². The molecule has 1 N–H and O–H groups in total. The van der Waals surface area contributed by atoms with Gasteiger partial charge in [-0.05, 0) is 52.8 Å². The molecule has 0 saturated carbocycles. The number of benzene rings is 1. The van der Waals surface area contributed by atoms with Crippen molar-refractivity contribution in [3.8, 4) is 17.0 Å². The number of methoxy groups -OCH3 is 1. The Kier molecular flexibility index (Phi) is 4.19. The van der Waals surface area contributed by atoms with E-state index in [9.17, 15) is 4.79 Å². The molecule has 0 spiro atoms. The summed E-state index contributed by atoms with van der Waals surface area (Å²) in [5.41, 5.74) is 1.18. The van der Waals surface area contributed by atoms with Crippen LogP contribution in [0.5, 0.6) is 5.75 Å². The minimum Gasteiger partial charge on any atom is -0.497 e. The van der Waals surface area contributed by atoms with Gasteiger partial charge in [-0.25, -0.2) is 4.63 Å². The number of rotatable bonds is 5. The highest BCUT2D eigenvalue weighted by Crippen LogP contribution is 2.26. The normalized spacial score (nSPS) is 10.8. The minimum absolute atomic E-state index is 0.240. The summed E-state index contributed by atoms with van der Waals surface area (Å²) in [7, 11) is 1.59. The molecule has 3 rings (SSSR count). The van der Waals surface area contributed by atoms with Gasteiger partial charge in [0.1, 0.15) is 11.5 Å². The van der Waals surface area contributed by atoms with Crippen molar-refractivity contribution in [2.45, 2.75) is 0 Å². The maximum Gasteiger partial charge on any atom is 0.249 e. The molecule has 1 amide bonds. The standard InChI is InChI=1S/C16H13N3O4/c1-21-12-6-4-11(5-7-12)15-16(19-23-18-15)17-14(20)9-8-13-3-2-10-22-13/h2-10H,1H3,(H,17,19,20)/b9-8+. The molecule has 1 aromatic carbocycles. The third-order valence-corrected chi connectivity index (χ3v) is 3.04. The van der Waals surface area contributed by atoms with Crippen LogP contribution in [0.2, 0.25) is 0 Å². The van der Waals surface area contributed by atoms with Gasteiger partial charge in [-0.2, -0.15) is 0 Å². The Morgan fingerprint density at radius 3 is 2.74 bits per heavy atom. The lowest BCUT2D eigenvalue weighted by atomic mass is 10.1. The Hall–Kier alpha value is -3.35. The molecule has 0 aliphatic rings. The van der Waals surface area contributed by atoms with Crippen LogP contribution in [0.15, 0.2) is 57.8 Å². The fourth-order valence-corrected chi connectivity index (χ4v) is 1.91. The average Bonchev–Trinajstić information content (AvgIpc) is 3.25. The molecule has 0 fully saturated rings. The Labute approximate surface area is 131 Å². The van der Waals surface area contributed by atoms with Crippen LogP contribution in [0, 0.1) is 0 Å². The van der Waals surface area contributed by atoms with Crippen LogP contribution in [0.25, 0.3) is 17.3 Å². The lowest BCUT2D eigenvalue weighted by Crippen LogP contribution is -2.08.